The number of amides is 2. The molecule has 0 saturated carbocycles. The monoisotopic (exact) mass is 808 g/mol. The van der Waals surface area contributed by atoms with Gasteiger partial charge in [0.2, 0.25) is 5.43 Å². The Bertz CT molecular complexity index is 2210. The van der Waals surface area contributed by atoms with Crippen LogP contribution in [0.25, 0.3) is 10.9 Å². The zero-order chi connectivity index (χ0) is 39.7. The summed E-state index contributed by atoms with van der Waals surface area (Å²) in [5.41, 5.74) is 2.30. The average Bonchev–Trinajstić information content (AvgIpc) is 3.57. The van der Waals surface area contributed by atoms with E-state index in [0.717, 1.165) is 44.8 Å². The zero-order valence-corrected chi connectivity index (χ0v) is 30.2. The number of aliphatic carboxylic acids is 2. The second-order valence-electron chi connectivity index (χ2n) is 12.4. The van der Waals surface area contributed by atoms with E-state index < -0.39 is 106 Å². The molecular weight excluding hydrogens is 778 g/mol. The van der Waals surface area contributed by atoms with E-state index in [0.29, 0.717) is 32.4 Å². The average molecular weight is 809 g/mol. The van der Waals surface area contributed by atoms with Gasteiger partial charge in [0.25, 0.3) is 17.9 Å². The highest BCUT2D eigenvalue weighted by Crippen LogP contribution is 2.40. The van der Waals surface area contributed by atoms with Crippen molar-refractivity contribution in [1.29, 1.82) is 0 Å². The summed E-state index contributed by atoms with van der Waals surface area (Å²) in [4.78, 5) is 89.0. The summed E-state index contributed by atoms with van der Waals surface area (Å²) in [6.07, 6.45) is -0.194. The molecule has 3 aliphatic heterocycles. The van der Waals surface area contributed by atoms with E-state index in [4.69, 9.17) is 15.3 Å². The predicted octanol–water partition coefficient (Wildman–Crippen LogP) is 0.763. The molecule has 3 aromatic rings. The number of pyridine rings is 1. The molecule has 1 aromatic carbocycles. The van der Waals surface area contributed by atoms with Crippen molar-refractivity contribution in [3.05, 3.63) is 62.0 Å². The number of β-lactam (4-membered cyclic amide) rings is 1. The molecule has 0 aliphatic carbocycles. The molecule has 2 saturated heterocycles. The summed E-state index contributed by atoms with van der Waals surface area (Å²) in [5.74, 6) is -8.38. The van der Waals surface area contributed by atoms with E-state index in [1.165, 1.54) is 10.3 Å². The van der Waals surface area contributed by atoms with Gasteiger partial charge >= 0.3 is 17.9 Å². The molecule has 55 heavy (non-hydrogen) atoms. The second kappa shape index (κ2) is 16.0. The number of rotatable bonds is 13. The van der Waals surface area contributed by atoms with E-state index in [1.54, 1.807) is 0 Å². The molecular formula is C32H31F3N8O10S2. The number of hydrogen-bond acceptors (Lipinski definition) is 15. The first-order valence-corrected chi connectivity index (χ1v) is 18.2. The highest BCUT2D eigenvalue weighted by Gasteiger charge is 2.54. The van der Waals surface area contributed by atoms with E-state index in [2.05, 4.69) is 15.5 Å². The van der Waals surface area contributed by atoms with E-state index in [9.17, 15) is 43.4 Å². The number of carboxylic acids is 2. The second-order valence-corrected chi connectivity index (χ2v) is 14.4. The van der Waals surface area contributed by atoms with Gasteiger partial charge in [0, 0.05) is 49.1 Å². The number of nitrogen functional groups attached to an aromatic ring is 1. The van der Waals surface area contributed by atoms with Crippen LogP contribution >= 0.6 is 23.1 Å². The fourth-order valence-electron chi connectivity index (χ4n) is 6.21. The van der Waals surface area contributed by atoms with Crippen LogP contribution in [0.2, 0.25) is 0 Å². The molecule has 1 unspecified atom stereocenters. The molecule has 3 aliphatic rings. The first-order chi connectivity index (χ1) is 26.2. The number of carbonyl (C=O) groups is 5. The Morgan fingerprint density at radius 1 is 1.18 bits per heavy atom. The number of benzene rings is 1. The van der Waals surface area contributed by atoms with Crippen molar-refractivity contribution in [3.63, 3.8) is 0 Å². The van der Waals surface area contributed by atoms with Gasteiger partial charge in [-0.2, -0.15) is 0 Å². The van der Waals surface area contributed by atoms with E-state index >= 15 is 8.78 Å². The van der Waals surface area contributed by atoms with Crippen molar-refractivity contribution < 1.29 is 56.9 Å². The number of aryl methyl sites for hydroxylation is 1. The van der Waals surface area contributed by atoms with Crippen LogP contribution in [0.1, 0.15) is 22.2 Å². The van der Waals surface area contributed by atoms with Gasteiger partial charge in [-0.1, -0.05) is 5.16 Å². The lowest BCUT2D eigenvalue weighted by atomic mass is 10.0. The fraction of sp³-hybridized carbons (Fsp3) is 0.375. The number of carboxylic acid groups (broad SMARTS) is 2. The topological polar surface area (TPSA) is 239 Å². The molecule has 23 heteroatoms. The summed E-state index contributed by atoms with van der Waals surface area (Å²) in [5, 5.41) is 25.0. The van der Waals surface area contributed by atoms with Crippen LogP contribution in [0, 0.1) is 11.6 Å². The third kappa shape index (κ3) is 7.66. The molecule has 2 amide bonds. The smallest absolute Gasteiger partial charge is 0.354 e. The Labute approximate surface area is 315 Å². The summed E-state index contributed by atoms with van der Waals surface area (Å²) in [6, 6.07) is -0.432. The third-order valence-corrected chi connectivity index (χ3v) is 10.9. The maximum atomic E-state index is 15.9. The van der Waals surface area contributed by atoms with Crippen LogP contribution in [0.3, 0.4) is 0 Å². The number of oxime groups is 1. The van der Waals surface area contributed by atoms with Gasteiger partial charge < -0.3 is 45.2 Å². The van der Waals surface area contributed by atoms with E-state index in [1.807, 2.05) is 11.9 Å². The van der Waals surface area contributed by atoms with Gasteiger partial charge in [0.15, 0.2) is 10.9 Å². The Balaban J connectivity index is 1.16. The number of fused-ring (bicyclic) bond motifs is 2. The number of aromatic nitrogens is 2. The van der Waals surface area contributed by atoms with Crippen molar-refractivity contribution in [1.82, 2.24) is 24.7 Å². The highest BCUT2D eigenvalue weighted by molar-refractivity contribution is 8.00. The summed E-state index contributed by atoms with van der Waals surface area (Å²) in [6.45, 7) is -0.594. The number of nitrogens with one attached hydrogen (secondary N) is 1. The summed E-state index contributed by atoms with van der Waals surface area (Å²) < 4.78 is 51.2. The number of ether oxygens (including phenoxy) is 1. The Morgan fingerprint density at radius 3 is 2.55 bits per heavy atom. The number of halogens is 3. The summed E-state index contributed by atoms with van der Waals surface area (Å²) in [7, 11) is 1.86. The van der Waals surface area contributed by atoms with Crippen molar-refractivity contribution >= 4 is 80.8 Å². The predicted molar refractivity (Wildman–Crippen MR) is 190 cm³/mol. The van der Waals surface area contributed by atoms with Gasteiger partial charge in [-0.05, 0) is 13.1 Å². The quantitative estimate of drug-likeness (QED) is 0.0807. The number of esters is 1. The number of hydrogen-bond donors (Lipinski definition) is 4. The molecule has 5 N–H and O–H groups in total. The van der Waals surface area contributed by atoms with Crippen LogP contribution in [0.15, 0.2) is 38.9 Å². The van der Waals surface area contributed by atoms with Crippen LogP contribution in [-0.2, 0) is 35.3 Å². The van der Waals surface area contributed by atoms with Crippen molar-refractivity contribution in [2.24, 2.45) is 5.16 Å². The number of likely N-dealkylation sites (N-methyl/N-ethyl adjacent to an activating group) is 1. The number of alkyl halides is 1. The Kier molecular flexibility index (Phi) is 11.3. The molecule has 3 atom stereocenters. The number of thioether (sulfide) groups is 1. The molecule has 2 fully saturated rings. The molecule has 0 spiro atoms. The van der Waals surface area contributed by atoms with Crippen LogP contribution in [0.5, 0.6) is 0 Å². The lowest BCUT2D eigenvalue weighted by Crippen LogP contribution is -2.70. The third-order valence-electron chi connectivity index (χ3n) is 8.89. The Hall–Kier alpha value is -5.68. The van der Waals surface area contributed by atoms with Gasteiger partial charge in [-0.15, -0.1) is 23.1 Å². The molecule has 0 radical (unpaired) electrons. The molecule has 292 valence electrons. The number of thiazole rings is 1. The van der Waals surface area contributed by atoms with Crippen LogP contribution in [0.4, 0.5) is 24.0 Å². The van der Waals surface area contributed by atoms with Gasteiger partial charge in [-0.25, -0.2) is 32.5 Å². The minimum absolute atomic E-state index is 0.0450. The molecule has 5 heterocycles. The van der Waals surface area contributed by atoms with Gasteiger partial charge in [0.1, 0.15) is 59.4 Å². The van der Waals surface area contributed by atoms with Gasteiger partial charge in [0.05, 0.1) is 17.4 Å². The number of carbonyl (C=O) groups excluding carboxylic acids is 3. The zero-order valence-electron chi connectivity index (χ0n) is 28.6. The fourth-order valence-corrected chi connectivity index (χ4v) is 8.11. The first kappa shape index (κ1) is 39.0. The number of nitrogens with two attached hydrogens (primary N) is 1. The van der Waals surface area contributed by atoms with Gasteiger partial charge in [-0.3, -0.25) is 19.3 Å². The molecule has 6 rings (SSSR count). The van der Waals surface area contributed by atoms with Crippen LogP contribution < -0.4 is 21.4 Å². The molecule has 18 nitrogen and oxygen atoms in total. The number of piperazine rings is 1. The first-order valence-electron chi connectivity index (χ1n) is 16.3. The molecule has 2 aromatic heterocycles. The number of anilines is 2. The Morgan fingerprint density at radius 2 is 1.91 bits per heavy atom. The van der Waals surface area contributed by atoms with E-state index in [-0.39, 0.29) is 27.8 Å². The largest absolute Gasteiger partial charge is 0.478 e. The lowest BCUT2D eigenvalue weighted by Gasteiger charge is -2.49. The van der Waals surface area contributed by atoms with Crippen LogP contribution in [-0.4, -0.2) is 129 Å². The SMILES string of the molecule is CN1CCN(c2c(F)cc3c(=O)c(C(=O)OCC4=C(C(=O)O)N5C(=O)[C@@H](NC(=O)/C=N\OC(C(=O)O)c6csc(N)n6)[C@H]5SC4)cn(CCF)c3c2F)CC1. The maximum Gasteiger partial charge on any atom is 0.354 e. The number of nitrogens with zero attached hydrogens (tertiary/aromatic N) is 6. The maximum absolute atomic E-state index is 15.9. The van der Waals surface area contributed by atoms with Crippen molar-refractivity contribution in [2.75, 3.05) is 62.9 Å². The van der Waals surface area contributed by atoms with Crippen molar-refractivity contribution in [3.8, 4) is 0 Å². The normalized spacial score (nSPS) is 19.3. The highest BCUT2D eigenvalue weighted by atomic mass is 32.2. The standard InChI is InChI=1S/C32H31F3N8O10S2/c1-40-4-6-41(7-5-40)24-17(34)8-15-23(20(24)35)42(3-2-33)10-16(25(15)45)31(51)52-11-14-12-54-28-21(27(46)43(28)22(14)29(47)48)39-19(44)9-37-53-26(30(49)50)18-13-55-32(36)38-18/h8-10,13,21,26,28H,2-7,11-12H2,1H3,(H2,36,38)(H,39,44)(H,47,48)(H,49,50)/b37-9-/t21-,26?,28-/m1/s1. The minimum atomic E-state index is -1.67. The van der Waals surface area contributed by atoms with Crippen molar-refractivity contribution in [2.45, 2.75) is 24.1 Å². The minimum Gasteiger partial charge on any atom is -0.478 e. The molecule has 0 bridgehead atoms. The summed E-state index contributed by atoms with van der Waals surface area (Å²) >= 11 is 1.98. The lowest BCUT2D eigenvalue weighted by molar-refractivity contribution is -0.151.